The number of unbranched alkanes of at least 4 members (excludes halogenated alkanes) is 9. The molecular weight excluding hydrogens is 502 g/mol. The van der Waals surface area contributed by atoms with E-state index in [0.29, 0.717) is 24.5 Å². The number of rotatable bonds is 22. The molecule has 0 aliphatic heterocycles. The molecule has 2 aromatic carbocycles. The van der Waals surface area contributed by atoms with Crippen LogP contribution in [0.5, 0.6) is 5.75 Å². The normalized spacial score (nSPS) is 11.2. The van der Waals surface area contributed by atoms with E-state index in [4.69, 9.17) is 19.7 Å². The summed E-state index contributed by atoms with van der Waals surface area (Å²) in [6.07, 6.45) is 12.8. The molecule has 0 bridgehead atoms. The van der Waals surface area contributed by atoms with E-state index in [0.717, 1.165) is 96.0 Å². The van der Waals surface area contributed by atoms with Gasteiger partial charge in [0.15, 0.2) is 11.6 Å². The van der Waals surface area contributed by atoms with E-state index in [1.165, 1.54) is 6.07 Å². The van der Waals surface area contributed by atoms with Crippen LogP contribution in [0.15, 0.2) is 42.5 Å². The summed E-state index contributed by atoms with van der Waals surface area (Å²) in [5, 5.41) is 17.9. The number of hydrogen-bond donors (Lipinski definition) is 2. The fourth-order valence-electron chi connectivity index (χ4n) is 4.59. The fourth-order valence-corrected chi connectivity index (χ4v) is 4.59. The van der Waals surface area contributed by atoms with Gasteiger partial charge < -0.3 is 19.7 Å². The zero-order valence-corrected chi connectivity index (χ0v) is 23.2. The summed E-state index contributed by atoms with van der Waals surface area (Å²) >= 11 is 0. The van der Waals surface area contributed by atoms with Crippen LogP contribution in [0.1, 0.15) is 89.9 Å². The maximum absolute atomic E-state index is 14.0. The van der Waals surface area contributed by atoms with Gasteiger partial charge in [0.25, 0.3) is 0 Å². The Kier molecular flexibility index (Phi) is 17.1. The molecule has 0 radical (unpaired) electrons. The zero-order chi connectivity index (χ0) is 28.1. The Morgan fingerprint density at radius 3 is 1.87 bits per heavy atom. The number of carbonyl (C=O) groups is 1. The third kappa shape index (κ3) is 13.4. The van der Waals surface area contributed by atoms with Crippen molar-refractivity contribution in [2.45, 2.75) is 89.9 Å². The Balaban J connectivity index is 1.60. The van der Waals surface area contributed by atoms with Crippen molar-refractivity contribution in [1.82, 2.24) is 0 Å². The third-order valence-electron chi connectivity index (χ3n) is 6.92. The summed E-state index contributed by atoms with van der Waals surface area (Å²) in [5.74, 6) is -1.19. The number of hydrogen-bond acceptors (Lipinski definition) is 5. The Labute approximate surface area is 232 Å². The van der Waals surface area contributed by atoms with E-state index in [1.807, 2.05) is 0 Å². The highest BCUT2D eigenvalue weighted by atomic mass is 19.2. The van der Waals surface area contributed by atoms with Crippen LogP contribution in [0.4, 0.5) is 8.78 Å². The van der Waals surface area contributed by atoms with Gasteiger partial charge in [-0.1, -0.05) is 62.8 Å². The standard InChI is InChI=1S/C32H46F2O5/c33-30-17-13-16-29(31(30)34)26-18-20-28(21-19-26)38-24-11-5-6-12-25-39-32(37)27(14-7-1-3-9-22-35)15-8-2-4-10-23-36/h13,16-21,27,35-36H,1-12,14-15,22-25H2. The molecule has 0 spiro atoms. The quantitative estimate of drug-likeness (QED) is 0.117. The monoisotopic (exact) mass is 548 g/mol. The Morgan fingerprint density at radius 1 is 0.692 bits per heavy atom. The maximum atomic E-state index is 14.0. The second-order valence-corrected chi connectivity index (χ2v) is 10.1. The van der Waals surface area contributed by atoms with Crippen LogP contribution < -0.4 is 4.74 Å². The molecule has 0 atom stereocenters. The van der Waals surface area contributed by atoms with Crippen molar-refractivity contribution in [1.29, 1.82) is 0 Å². The minimum absolute atomic E-state index is 0.0644. The summed E-state index contributed by atoms with van der Waals surface area (Å²) in [7, 11) is 0. The van der Waals surface area contributed by atoms with Crippen molar-refractivity contribution in [3.8, 4) is 16.9 Å². The summed E-state index contributed by atoms with van der Waals surface area (Å²) in [6, 6.07) is 11.1. The van der Waals surface area contributed by atoms with Crippen LogP contribution in [0.3, 0.4) is 0 Å². The van der Waals surface area contributed by atoms with Crippen LogP contribution in [-0.4, -0.2) is 42.6 Å². The van der Waals surface area contributed by atoms with E-state index in [2.05, 4.69) is 0 Å². The highest BCUT2D eigenvalue weighted by molar-refractivity contribution is 5.72. The van der Waals surface area contributed by atoms with Crippen LogP contribution in [0, 0.1) is 17.6 Å². The minimum Gasteiger partial charge on any atom is -0.494 e. The lowest BCUT2D eigenvalue weighted by atomic mass is 9.94. The number of carbonyl (C=O) groups excluding carboxylic acids is 1. The number of ether oxygens (including phenoxy) is 2. The maximum Gasteiger partial charge on any atom is 0.308 e. The predicted octanol–water partition coefficient (Wildman–Crippen LogP) is 7.62. The molecule has 7 heteroatoms. The van der Waals surface area contributed by atoms with Crippen molar-refractivity contribution in [3.05, 3.63) is 54.1 Å². The summed E-state index contributed by atoms with van der Waals surface area (Å²) in [5.41, 5.74) is 0.823. The largest absolute Gasteiger partial charge is 0.494 e. The van der Waals surface area contributed by atoms with Gasteiger partial charge in [0.05, 0.1) is 19.1 Å². The lowest BCUT2D eigenvalue weighted by Crippen LogP contribution is -2.18. The number of aliphatic hydroxyl groups is 2. The molecule has 0 unspecified atom stereocenters. The Bertz CT molecular complexity index is 905. The first kappa shape index (κ1) is 32.7. The molecule has 0 aliphatic rings. The lowest BCUT2D eigenvalue weighted by Gasteiger charge is -2.16. The summed E-state index contributed by atoms with van der Waals surface area (Å²) in [6.45, 7) is 1.43. The molecule has 0 aliphatic carbocycles. The molecule has 2 N–H and O–H groups in total. The van der Waals surface area contributed by atoms with E-state index in [9.17, 15) is 13.6 Å². The fraction of sp³-hybridized carbons (Fsp3) is 0.594. The molecule has 2 rings (SSSR count). The minimum atomic E-state index is -0.863. The predicted molar refractivity (Wildman–Crippen MR) is 151 cm³/mol. The zero-order valence-electron chi connectivity index (χ0n) is 23.2. The second kappa shape index (κ2) is 20.4. The first-order valence-corrected chi connectivity index (χ1v) is 14.6. The van der Waals surface area contributed by atoms with Gasteiger partial charge in [-0.15, -0.1) is 0 Å². The van der Waals surface area contributed by atoms with Gasteiger partial charge in [-0.3, -0.25) is 4.79 Å². The summed E-state index contributed by atoms with van der Waals surface area (Å²) < 4.78 is 38.8. The lowest BCUT2D eigenvalue weighted by molar-refractivity contribution is -0.149. The molecular formula is C32H46F2O5. The SMILES string of the molecule is O=C(OCCCCCCOc1ccc(-c2cccc(F)c2F)cc1)C(CCCCCCO)CCCCCCO. The van der Waals surface area contributed by atoms with Crippen LogP contribution in [-0.2, 0) is 9.53 Å². The van der Waals surface area contributed by atoms with Crippen molar-refractivity contribution in [3.63, 3.8) is 0 Å². The molecule has 0 aromatic heterocycles. The average molecular weight is 549 g/mol. The molecule has 0 saturated carbocycles. The van der Waals surface area contributed by atoms with E-state index in [1.54, 1.807) is 30.3 Å². The molecule has 5 nitrogen and oxygen atoms in total. The molecule has 39 heavy (non-hydrogen) atoms. The first-order chi connectivity index (χ1) is 19.1. The van der Waals surface area contributed by atoms with Gasteiger partial charge in [0.2, 0.25) is 0 Å². The van der Waals surface area contributed by atoms with Crippen molar-refractivity contribution in [2.24, 2.45) is 5.92 Å². The van der Waals surface area contributed by atoms with Gasteiger partial charge in [0.1, 0.15) is 5.75 Å². The number of esters is 1. The summed E-state index contributed by atoms with van der Waals surface area (Å²) in [4.78, 5) is 12.7. The first-order valence-electron chi connectivity index (χ1n) is 14.6. The topological polar surface area (TPSA) is 76.0 Å². The second-order valence-electron chi connectivity index (χ2n) is 10.1. The van der Waals surface area contributed by atoms with E-state index in [-0.39, 0.29) is 30.7 Å². The molecule has 0 amide bonds. The third-order valence-corrected chi connectivity index (χ3v) is 6.92. The molecule has 0 heterocycles. The average Bonchev–Trinajstić information content (AvgIpc) is 2.95. The number of aliphatic hydroxyl groups excluding tert-OH is 2. The Hall–Kier alpha value is -2.51. The molecule has 2 aromatic rings. The molecule has 0 saturated heterocycles. The molecule has 0 fully saturated rings. The molecule has 218 valence electrons. The van der Waals surface area contributed by atoms with Gasteiger partial charge in [-0.25, -0.2) is 8.78 Å². The van der Waals surface area contributed by atoms with Crippen LogP contribution >= 0.6 is 0 Å². The van der Waals surface area contributed by atoms with Crippen LogP contribution in [0.2, 0.25) is 0 Å². The van der Waals surface area contributed by atoms with Crippen molar-refractivity contribution < 1.29 is 33.3 Å². The highest BCUT2D eigenvalue weighted by Crippen LogP contribution is 2.26. The van der Waals surface area contributed by atoms with Crippen molar-refractivity contribution >= 4 is 5.97 Å². The van der Waals surface area contributed by atoms with Crippen LogP contribution in [0.25, 0.3) is 11.1 Å². The Morgan fingerprint density at radius 2 is 1.26 bits per heavy atom. The van der Waals surface area contributed by atoms with Gasteiger partial charge >= 0.3 is 5.97 Å². The highest BCUT2D eigenvalue weighted by Gasteiger charge is 2.19. The van der Waals surface area contributed by atoms with Gasteiger partial charge in [0, 0.05) is 18.8 Å². The van der Waals surface area contributed by atoms with E-state index < -0.39 is 11.6 Å². The number of halogens is 2. The van der Waals surface area contributed by atoms with Crippen molar-refractivity contribution in [2.75, 3.05) is 26.4 Å². The smallest absolute Gasteiger partial charge is 0.308 e. The van der Waals surface area contributed by atoms with Gasteiger partial charge in [-0.05, 0) is 75.1 Å². The van der Waals surface area contributed by atoms with Gasteiger partial charge in [-0.2, -0.15) is 0 Å². The van der Waals surface area contributed by atoms with E-state index >= 15 is 0 Å². The number of benzene rings is 2.